The molecule has 2 aromatic carbocycles. The molecule has 0 aliphatic carbocycles. The molecule has 1 unspecified atom stereocenters. The van der Waals surface area contributed by atoms with E-state index in [0.717, 1.165) is 12.1 Å². The summed E-state index contributed by atoms with van der Waals surface area (Å²) in [6.45, 7) is 0. The van der Waals surface area contributed by atoms with Crippen molar-refractivity contribution in [3.05, 3.63) is 68.4 Å². The van der Waals surface area contributed by atoms with Crippen LogP contribution in [0.15, 0.2) is 34.8 Å². The fourth-order valence-corrected chi connectivity index (χ4v) is 2.45. The Hall–Kier alpha value is -0.710. The molecule has 0 saturated heterocycles. The smallest absolute Gasteiger partial charge is 0.146 e. The summed E-state index contributed by atoms with van der Waals surface area (Å²) in [7, 11) is 0. The van der Waals surface area contributed by atoms with Crippen LogP contribution in [0.5, 0.6) is 0 Å². The molecule has 1 atom stereocenters. The van der Waals surface area contributed by atoms with Gasteiger partial charge in [-0.05, 0) is 34.1 Å². The normalized spacial score (nSPS) is 12.5. The minimum Gasteiger partial charge on any atom is -0.207 e. The largest absolute Gasteiger partial charge is 0.207 e. The predicted octanol–water partition coefficient (Wildman–Crippen LogP) is 5.85. The Morgan fingerprint density at radius 2 is 1.68 bits per heavy atom. The Morgan fingerprint density at radius 1 is 1.00 bits per heavy atom. The topological polar surface area (TPSA) is 0 Å². The highest BCUT2D eigenvalue weighted by molar-refractivity contribution is 9.10. The van der Waals surface area contributed by atoms with E-state index in [2.05, 4.69) is 15.9 Å². The second kappa shape index (κ2) is 5.73. The third kappa shape index (κ3) is 2.91. The molecule has 0 fully saturated rings. The molecule has 0 aliphatic heterocycles. The molecular weight excluding hydrogens is 364 g/mol. The minimum atomic E-state index is -1.17. The average Bonchev–Trinajstić information content (AvgIpc) is 2.36. The Kier molecular flexibility index (Phi) is 4.43. The Morgan fingerprint density at radius 3 is 2.37 bits per heavy atom. The monoisotopic (exact) mass is 368 g/mol. The molecule has 0 heterocycles. The first-order valence-corrected chi connectivity index (χ1v) is 6.75. The number of rotatable bonds is 2. The van der Waals surface area contributed by atoms with Gasteiger partial charge in [-0.2, -0.15) is 0 Å². The van der Waals surface area contributed by atoms with E-state index in [1.165, 1.54) is 18.2 Å². The molecule has 6 heteroatoms. The molecule has 0 N–H and O–H groups in total. The van der Waals surface area contributed by atoms with Crippen molar-refractivity contribution in [3.63, 3.8) is 0 Å². The summed E-state index contributed by atoms with van der Waals surface area (Å²) in [5, 5.41) is -1.29. The van der Waals surface area contributed by atoms with Gasteiger partial charge in [0.05, 0.1) is 14.9 Å². The van der Waals surface area contributed by atoms with Gasteiger partial charge in [0.1, 0.15) is 17.5 Å². The van der Waals surface area contributed by atoms with E-state index in [1.54, 1.807) is 0 Å². The molecule has 0 spiro atoms. The van der Waals surface area contributed by atoms with Gasteiger partial charge < -0.3 is 0 Å². The molecule has 100 valence electrons. The van der Waals surface area contributed by atoms with Crippen molar-refractivity contribution in [2.45, 2.75) is 5.38 Å². The molecule has 0 nitrogen and oxygen atoms in total. The van der Waals surface area contributed by atoms with Crippen LogP contribution in [0, 0.1) is 17.5 Å². The molecule has 0 amide bonds. The van der Waals surface area contributed by atoms with Crippen LogP contribution >= 0.6 is 39.1 Å². The molecular formula is C13H6BrCl2F3. The quantitative estimate of drug-likeness (QED) is 0.460. The molecule has 0 saturated carbocycles. The van der Waals surface area contributed by atoms with Crippen molar-refractivity contribution < 1.29 is 13.2 Å². The number of hydrogen-bond acceptors (Lipinski definition) is 0. The third-order valence-electron chi connectivity index (χ3n) is 2.57. The molecule has 19 heavy (non-hydrogen) atoms. The molecule has 0 bridgehead atoms. The van der Waals surface area contributed by atoms with Gasteiger partial charge in [0, 0.05) is 11.1 Å². The van der Waals surface area contributed by atoms with E-state index in [-0.39, 0.29) is 20.6 Å². The fraction of sp³-hybridized carbons (Fsp3) is 0.0769. The molecule has 0 aliphatic rings. The fourth-order valence-electron chi connectivity index (χ4n) is 1.62. The highest BCUT2D eigenvalue weighted by Crippen LogP contribution is 2.35. The van der Waals surface area contributed by atoms with Crippen LogP contribution in [0.3, 0.4) is 0 Å². The lowest BCUT2D eigenvalue weighted by Crippen LogP contribution is -2.01. The average molecular weight is 370 g/mol. The lowest BCUT2D eigenvalue weighted by atomic mass is 10.0. The zero-order chi connectivity index (χ0) is 14.2. The minimum absolute atomic E-state index is 0.00482. The van der Waals surface area contributed by atoms with Crippen molar-refractivity contribution in [1.29, 1.82) is 0 Å². The van der Waals surface area contributed by atoms with Crippen LogP contribution in [0.25, 0.3) is 0 Å². The van der Waals surface area contributed by atoms with Crippen molar-refractivity contribution in [1.82, 2.24) is 0 Å². The number of halogens is 6. The van der Waals surface area contributed by atoms with Crippen LogP contribution in [0.2, 0.25) is 5.02 Å². The van der Waals surface area contributed by atoms with Gasteiger partial charge in [0.2, 0.25) is 0 Å². The first-order chi connectivity index (χ1) is 8.91. The first-order valence-electron chi connectivity index (χ1n) is 5.14. The summed E-state index contributed by atoms with van der Waals surface area (Å²) in [5.74, 6) is -2.15. The molecule has 0 radical (unpaired) electrons. The maximum Gasteiger partial charge on any atom is 0.146 e. The zero-order valence-electron chi connectivity index (χ0n) is 9.23. The van der Waals surface area contributed by atoms with Crippen LogP contribution < -0.4 is 0 Å². The summed E-state index contributed by atoms with van der Waals surface area (Å²) in [4.78, 5) is 0. The second-order valence-electron chi connectivity index (χ2n) is 3.79. The standard InChI is InChI=1S/C13H6BrCl2F3/c14-8-5-10(17)7(4-11(8)18)12(16)6-2-1-3-9(15)13(6)19/h1-5,12H. The summed E-state index contributed by atoms with van der Waals surface area (Å²) in [6.07, 6.45) is 0. The van der Waals surface area contributed by atoms with Crippen LogP contribution in [0.4, 0.5) is 13.2 Å². The van der Waals surface area contributed by atoms with E-state index >= 15 is 0 Å². The summed E-state index contributed by atoms with van der Waals surface area (Å²) in [5.41, 5.74) is -0.154. The lowest BCUT2D eigenvalue weighted by Gasteiger charge is -2.13. The van der Waals surface area contributed by atoms with Gasteiger partial charge in [-0.3, -0.25) is 0 Å². The van der Waals surface area contributed by atoms with Gasteiger partial charge in [-0.25, -0.2) is 13.2 Å². The Balaban J connectivity index is 2.53. The second-order valence-corrected chi connectivity index (χ2v) is 5.49. The molecule has 2 aromatic rings. The Labute approximate surface area is 126 Å². The number of hydrogen-bond donors (Lipinski definition) is 0. The maximum absolute atomic E-state index is 13.8. The van der Waals surface area contributed by atoms with E-state index in [1.807, 2.05) is 0 Å². The molecule has 2 rings (SSSR count). The molecule has 0 aromatic heterocycles. The first kappa shape index (κ1) is 14.7. The van der Waals surface area contributed by atoms with Gasteiger partial charge >= 0.3 is 0 Å². The van der Waals surface area contributed by atoms with Crippen LogP contribution in [-0.4, -0.2) is 0 Å². The van der Waals surface area contributed by atoms with Crippen molar-refractivity contribution in [2.24, 2.45) is 0 Å². The van der Waals surface area contributed by atoms with E-state index in [0.29, 0.717) is 0 Å². The zero-order valence-corrected chi connectivity index (χ0v) is 12.3. The van der Waals surface area contributed by atoms with E-state index in [9.17, 15) is 13.2 Å². The highest BCUT2D eigenvalue weighted by atomic mass is 79.9. The highest BCUT2D eigenvalue weighted by Gasteiger charge is 2.21. The Bertz CT molecular complexity index is 632. The van der Waals surface area contributed by atoms with E-state index in [4.69, 9.17) is 23.2 Å². The maximum atomic E-state index is 13.8. The lowest BCUT2D eigenvalue weighted by molar-refractivity contribution is 0.576. The summed E-state index contributed by atoms with van der Waals surface area (Å²) in [6, 6.07) is 6.09. The van der Waals surface area contributed by atoms with Crippen LogP contribution in [-0.2, 0) is 0 Å². The van der Waals surface area contributed by atoms with Crippen molar-refractivity contribution in [2.75, 3.05) is 0 Å². The van der Waals surface area contributed by atoms with E-state index < -0.39 is 22.8 Å². The number of benzene rings is 2. The van der Waals surface area contributed by atoms with Crippen molar-refractivity contribution >= 4 is 39.1 Å². The van der Waals surface area contributed by atoms with Gasteiger partial charge in [-0.15, -0.1) is 11.6 Å². The predicted molar refractivity (Wildman–Crippen MR) is 73.2 cm³/mol. The van der Waals surface area contributed by atoms with Gasteiger partial charge in [-0.1, -0.05) is 23.7 Å². The van der Waals surface area contributed by atoms with Gasteiger partial charge in [0.15, 0.2) is 0 Å². The summed E-state index contributed by atoms with van der Waals surface area (Å²) >= 11 is 14.5. The SMILES string of the molecule is Fc1cc(C(Cl)c2cccc(Cl)c2F)c(F)cc1Br. The third-order valence-corrected chi connectivity index (χ3v) is 3.94. The number of alkyl halides is 1. The van der Waals surface area contributed by atoms with Gasteiger partial charge in [0.25, 0.3) is 0 Å². The van der Waals surface area contributed by atoms with Crippen molar-refractivity contribution in [3.8, 4) is 0 Å². The van der Waals surface area contributed by atoms with Crippen LogP contribution in [0.1, 0.15) is 16.5 Å². The summed E-state index contributed by atoms with van der Waals surface area (Å²) < 4.78 is 41.0.